The van der Waals surface area contributed by atoms with Crippen molar-refractivity contribution < 1.29 is 13.9 Å². The van der Waals surface area contributed by atoms with E-state index in [1.54, 1.807) is 18.3 Å². The molecule has 0 saturated carbocycles. The summed E-state index contributed by atoms with van der Waals surface area (Å²) < 4.78 is 18.2. The highest BCUT2D eigenvalue weighted by Gasteiger charge is 2.12. The number of hydrogen-bond acceptors (Lipinski definition) is 5. The van der Waals surface area contributed by atoms with Gasteiger partial charge in [0.2, 0.25) is 5.91 Å². The van der Waals surface area contributed by atoms with Crippen molar-refractivity contribution in [3.63, 3.8) is 0 Å². The standard InChI is InChI=1S/C19H22FN3O2S/c20-17-4-1-15(2-5-17)13-26-14-19(24)22-12-16-3-6-18(21-11-16)23-7-9-25-10-8-23/h1-6,11H,7-10,12-14H2,(H,22,24). The molecule has 1 amide bonds. The number of carbonyl (C=O) groups is 1. The summed E-state index contributed by atoms with van der Waals surface area (Å²) >= 11 is 1.51. The van der Waals surface area contributed by atoms with E-state index in [1.165, 1.54) is 23.9 Å². The summed E-state index contributed by atoms with van der Waals surface area (Å²) in [5.41, 5.74) is 1.98. The highest BCUT2D eigenvalue weighted by atomic mass is 32.2. The summed E-state index contributed by atoms with van der Waals surface area (Å²) in [4.78, 5) is 18.6. The summed E-state index contributed by atoms with van der Waals surface area (Å²) in [5.74, 6) is 1.73. The molecule has 1 aliphatic heterocycles. The van der Waals surface area contributed by atoms with Gasteiger partial charge < -0.3 is 15.0 Å². The van der Waals surface area contributed by atoms with E-state index in [4.69, 9.17) is 4.74 Å². The first-order chi connectivity index (χ1) is 12.7. The molecule has 1 aromatic heterocycles. The normalized spacial score (nSPS) is 14.3. The number of nitrogens with zero attached hydrogens (tertiary/aromatic N) is 2. The van der Waals surface area contributed by atoms with E-state index in [0.717, 1.165) is 43.2 Å². The molecule has 0 radical (unpaired) electrons. The molecule has 0 spiro atoms. The van der Waals surface area contributed by atoms with Gasteiger partial charge in [0.25, 0.3) is 0 Å². The third-order valence-corrected chi connectivity index (χ3v) is 5.05. The van der Waals surface area contributed by atoms with Gasteiger partial charge in [0.15, 0.2) is 0 Å². The topological polar surface area (TPSA) is 54.5 Å². The Kier molecular flexibility index (Phi) is 6.85. The van der Waals surface area contributed by atoms with Crippen molar-refractivity contribution >= 4 is 23.5 Å². The zero-order valence-corrected chi connectivity index (χ0v) is 15.3. The van der Waals surface area contributed by atoms with Crippen molar-refractivity contribution in [1.29, 1.82) is 0 Å². The van der Waals surface area contributed by atoms with E-state index in [9.17, 15) is 9.18 Å². The minimum atomic E-state index is -0.246. The molecular weight excluding hydrogens is 353 g/mol. The fourth-order valence-corrected chi connectivity index (χ4v) is 3.41. The molecule has 1 fully saturated rings. The molecule has 7 heteroatoms. The molecule has 2 heterocycles. The van der Waals surface area contributed by atoms with E-state index in [-0.39, 0.29) is 11.7 Å². The number of halogens is 1. The number of amides is 1. The Morgan fingerprint density at radius 1 is 1.15 bits per heavy atom. The van der Waals surface area contributed by atoms with Crippen LogP contribution in [0.25, 0.3) is 0 Å². The van der Waals surface area contributed by atoms with Gasteiger partial charge in [-0.25, -0.2) is 9.37 Å². The summed E-state index contributed by atoms with van der Waals surface area (Å²) in [6.45, 7) is 3.64. The molecule has 5 nitrogen and oxygen atoms in total. The van der Waals surface area contributed by atoms with Crippen LogP contribution in [0.2, 0.25) is 0 Å². The maximum atomic E-state index is 12.8. The summed E-state index contributed by atoms with van der Waals surface area (Å²) in [6, 6.07) is 10.3. The summed E-state index contributed by atoms with van der Waals surface area (Å²) in [5, 5.41) is 2.90. The molecule has 138 valence electrons. The quantitative estimate of drug-likeness (QED) is 0.806. The zero-order chi connectivity index (χ0) is 18.2. The highest BCUT2D eigenvalue weighted by molar-refractivity contribution is 7.99. The Morgan fingerprint density at radius 2 is 1.88 bits per heavy atom. The fourth-order valence-electron chi connectivity index (χ4n) is 2.59. The molecule has 0 bridgehead atoms. The first-order valence-electron chi connectivity index (χ1n) is 8.57. The number of pyridine rings is 1. The second-order valence-corrected chi connectivity index (χ2v) is 7.01. The van der Waals surface area contributed by atoms with Crippen LogP contribution in [0.1, 0.15) is 11.1 Å². The molecule has 2 aromatic rings. The van der Waals surface area contributed by atoms with E-state index < -0.39 is 0 Å². The monoisotopic (exact) mass is 375 g/mol. The maximum absolute atomic E-state index is 12.8. The van der Waals surface area contributed by atoms with Gasteiger partial charge in [-0.1, -0.05) is 18.2 Å². The number of carbonyl (C=O) groups excluding carboxylic acids is 1. The third-order valence-electron chi connectivity index (χ3n) is 4.05. The number of nitrogens with one attached hydrogen (secondary N) is 1. The zero-order valence-electron chi connectivity index (χ0n) is 14.5. The largest absolute Gasteiger partial charge is 0.378 e. The lowest BCUT2D eigenvalue weighted by Gasteiger charge is -2.27. The summed E-state index contributed by atoms with van der Waals surface area (Å²) in [7, 11) is 0. The molecule has 1 aromatic carbocycles. The van der Waals surface area contributed by atoms with Gasteiger partial charge in [-0.15, -0.1) is 11.8 Å². The third kappa shape index (κ3) is 5.71. The number of rotatable bonds is 7. The molecule has 3 rings (SSSR count). The van der Waals surface area contributed by atoms with Gasteiger partial charge in [0.1, 0.15) is 11.6 Å². The number of ether oxygens (including phenoxy) is 1. The second-order valence-electron chi connectivity index (χ2n) is 6.02. The number of benzene rings is 1. The first-order valence-corrected chi connectivity index (χ1v) is 9.73. The average Bonchev–Trinajstić information content (AvgIpc) is 2.69. The minimum absolute atomic E-state index is 0.0191. The number of morpholine rings is 1. The molecule has 1 aliphatic rings. The second kappa shape index (κ2) is 9.54. The van der Waals surface area contributed by atoms with Gasteiger partial charge in [-0.2, -0.15) is 0 Å². The molecule has 1 N–H and O–H groups in total. The van der Waals surface area contributed by atoms with Crippen LogP contribution in [0, 0.1) is 5.82 Å². The number of anilines is 1. The van der Waals surface area contributed by atoms with Crippen molar-refractivity contribution in [2.45, 2.75) is 12.3 Å². The predicted octanol–water partition coefficient (Wildman–Crippen LogP) is 2.61. The van der Waals surface area contributed by atoms with Crippen LogP contribution < -0.4 is 10.2 Å². The Labute approximate surface area is 156 Å². The van der Waals surface area contributed by atoms with Crippen LogP contribution in [0.3, 0.4) is 0 Å². The van der Waals surface area contributed by atoms with Crippen LogP contribution in [-0.4, -0.2) is 42.9 Å². The van der Waals surface area contributed by atoms with Crippen molar-refractivity contribution in [1.82, 2.24) is 10.3 Å². The van der Waals surface area contributed by atoms with Crippen LogP contribution >= 0.6 is 11.8 Å². The van der Waals surface area contributed by atoms with Crippen molar-refractivity contribution in [3.05, 3.63) is 59.5 Å². The Morgan fingerprint density at radius 3 is 2.58 bits per heavy atom. The fraction of sp³-hybridized carbons (Fsp3) is 0.368. The van der Waals surface area contributed by atoms with E-state index in [1.807, 2.05) is 12.1 Å². The van der Waals surface area contributed by atoms with Crippen molar-refractivity contribution in [2.24, 2.45) is 0 Å². The first kappa shape index (κ1) is 18.7. The van der Waals surface area contributed by atoms with Gasteiger partial charge in [0, 0.05) is 31.6 Å². The van der Waals surface area contributed by atoms with Gasteiger partial charge >= 0.3 is 0 Å². The Hall–Kier alpha value is -2.12. The number of thioether (sulfide) groups is 1. The Balaban J connectivity index is 1.37. The maximum Gasteiger partial charge on any atom is 0.230 e. The van der Waals surface area contributed by atoms with Crippen molar-refractivity contribution in [3.8, 4) is 0 Å². The van der Waals surface area contributed by atoms with Crippen LogP contribution in [0.15, 0.2) is 42.6 Å². The van der Waals surface area contributed by atoms with Crippen molar-refractivity contribution in [2.75, 3.05) is 37.0 Å². The lowest BCUT2D eigenvalue weighted by Crippen LogP contribution is -2.36. The van der Waals surface area contributed by atoms with E-state index in [2.05, 4.69) is 15.2 Å². The number of hydrogen-bond donors (Lipinski definition) is 1. The lowest BCUT2D eigenvalue weighted by molar-refractivity contribution is -0.118. The van der Waals surface area contributed by atoms with E-state index >= 15 is 0 Å². The van der Waals surface area contributed by atoms with Crippen LogP contribution in [0.5, 0.6) is 0 Å². The van der Waals surface area contributed by atoms with E-state index in [0.29, 0.717) is 18.1 Å². The number of aromatic nitrogens is 1. The smallest absolute Gasteiger partial charge is 0.230 e. The molecule has 26 heavy (non-hydrogen) atoms. The lowest BCUT2D eigenvalue weighted by atomic mass is 10.2. The van der Waals surface area contributed by atoms with Crippen LogP contribution in [0.4, 0.5) is 10.2 Å². The van der Waals surface area contributed by atoms with Crippen LogP contribution in [-0.2, 0) is 21.8 Å². The summed E-state index contributed by atoms with van der Waals surface area (Å²) in [6.07, 6.45) is 1.80. The van der Waals surface area contributed by atoms with Gasteiger partial charge in [-0.3, -0.25) is 4.79 Å². The molecule has 0 atom stereocenters. The molecule has 0 aliphatic carbocycles. The SMILES string of the molecule is O=C(CSCc1ccc(F)cc1)NCc1ccc(N2CCOCC2)nc1. The van der Waals surface area contributed by atoms with Gasteiger partial charge in [0.05, 0.1) is 19.0 Å². The predicted molar refractivity (Wildman–Crippen MR) is 102 cm³/mol. The molecule has 1 saturated heterocycles. The highest BCUT2D eigenvalue weighted by Crippen LogP contribution is 2.14. The molecular formula is C19H22FN3O2S. The molecule has 0 unspecified atom stereocenters. The Bertz CT molecular complexity index is 704. The van der Waals surface area contributed by atoms with Gasteiger partial charge in [-0.05, 0) is 29.3 Å². The average molecular weight is 375 g/mol. The minimum Gasteiger partial charge on any atom is -0.378 e.